The molecule has 0 aliphatic heterocycles. The minimum atomic E-state index is -0.0967. The maximum Gasteiger partial charge on any atom is 0.243 e. The number of phenols is 1. The van der Waals surface area contributed by atoms with Crippen LogP contribution in [-0.2, 0) is 4.79 Å². The molecule has 1 amide bonds. The van der Waals surface area contributed by atoms with Crippen LogP contribution >= 0.6 is 0 Å². The van der Waals surface area contributed by atoms with Gasteiger partial charge in [0.2, 0.25) is 5.91 Å². The molecular weight excluding hydrogens is 278 g/mol. The molecular formula is C18H27NO3. The fraction of sp³-hybridized carbons (Fsp3) is 0.500. The molecule has 0 fully saturated rings. The van der Waals surface area contributed by atoms with E-state index in [0.29, 0.717) is 12.3 Å². The summed E-state index contributed by atoms with van der Waals surface area (Å²) in [6, 6.07) is 4.97. The molecule has 1 aromatic rings. The van der Waals surface area contributed by atoms with Crippen molar-refractivity contribution < 1.29 is 14.6 Å². The third-order valence-electron chi connectivity index (χ3n) is 3.46. The summed E-state index contributed by atoms with van der Waals surface area (Å²) in [4.78, 5) is 11.7. The first-order valence-electron chi connectivity index (χ1n) is 8.00. The maximum absolute atomic E-state index is 11.7. The summed E-state index contributed by atoms with van der Waals surface area (Å²) >= 11 is 0. The van der Waals surface area contributed by atoms with Gasteiger partial charge in [-0.15, -0.1) is 0 Å². The molecule has 4 nitrogen and oxygen atoms in total. The number of aromatic hydroxyl groups is 1. The molecule has 0 spiro atoms. The Hall–Kier alpha value is -1.97. The summed E-state index contributed by atoms with van der Waals surface area (Å²) < 4.78 is 5.03. The van der Waals surface area contributed by atoms with Crippen LogP contribution in [0.3, 0.4) is 0 Å². The highest BCUT2D eigenvalue weighted by Crippen LogP contribution is 2.26. The molecule has 0 atom stereocenters. The lowest BCUT2D eigenvalue weighted by Crippen LogP contribution is -2.21. The average molecular weight is 305 g/mol. The zero-order valence-electron chi connectivity index (χ0n) is 13.6. The lowest BCUT2D eigenvalue weighted by atomic mass is 10.1. The van der Waals surface area contributed by atoms with Crippen molar-refractivity contribution in [2.75, 3.05) is 13.7 Å². The summed E-state index contributed by atoms with van der Waals surface area (Å²) in [6.07, 6.45) is 10.5. The molecule has 122 valence electrons. The Bertz CT molecular complexity index is 483. The Balaban J connectivity index is 2.27. The van der Waals surface area contributed by atoms with E-state index in [1.165, 1.54) is 45.3 Å². The van der Waals surface area contributed by atoms with Crippen LogP contribution in [0, 0.1) is 0 Å². The molecule has 0 aliphatic rings. The Morgan fingerprint density at radius 2 is 1.95 bits per heavy atom. The van der Waals surface area contributed by atoms with Crippen LogP contribution in [0.25, 0.3) is 6.08 Å². The first-order valence-corrected chi connectivity index (χ1v) is 8.00. The number of hydrogen-bond acceptors (Lipinski definition) is 3. The van der Waals surface area contributed by atoms with Crippen LogP contribution < -0.4 is 10.1 Å². The first kappa shape index (κ1) is 18.1. The number of carbonyl (C=O) groups excluding carboxylic acids is 1. The fourth-order valence-electron chi connectivity index (χ4n) is 2.15. The van der Waals surface area contributed by atoms with Gasteiger partial charge in [0.1, 0.15) is 0 Å². The standard InChI is InChI=1S/C18H27NO3/c1-3-4-5-6-7-8-13-19-18(21)12-10-15-9-11-16(20)17(14-15)22-2/h9-12,14,20H,3-8,13H2,1-2H3,(H,19,21)/b12-10-. The van der Waals surface area contributed by atoms with Gasteiger partial charge in [0.05, 0.1) is 7.11 Å². The molecule has 0 unspecified atom stereocenters. The SMILES string of the molecule is CCCCCCCCNC(=O)/C=C\c1ccc(O)c(OC)c1. The maximum atomic E-state index is 11.7. The van der Waals surface area contributed by atoms with Crippen LogP contribution in [0.4, 0.5) is 0 Å². The summed E-state index contributed by atoms with van der Waals surface area (Å²) in [5.74, 6) is 0.391. The van der Waals surface area contributed by atoms with Gasteiger partial charge in [-0.25, -0.2) is 0 Å². The number of rotatable bonds is 10. The van der Waals surface area contributed by atoms with E-state index in [-0.39, 0.29) is 11.7 Å². The van der Waals surface area contributed by atoms with Crippen LogP contribution in [0.1, 0.15) is 51.0 Å². The molecule has 2 N–H and O–H groups in total. The van der Waals surface area contributed by atoms with Gasteiger partial charge in [0.25, 0.3) is 0 Å². The number of carbonyl (C=O) groups is 1. The molecule has 0 heterocycles. The molecule has 0 aliphatic carbocycles. The molecule has 0 radical (unpaired) electrons. The summed E-state index contributed by atoms with van der Waals surface area (Å²) in [6.45, 7) is 2.92. The van der Waals surface area contributed by atoms with Crippen molar-refractivity contribution in [1.29, 1.82) is 0 Å². The molecule has 4 heteroatoms. The van der Waals surface area contributed by atoms with E-state index in [1.807, 2.05) is 0 Å². The first-order chi connectivity index (χ1) is 10.7. The van der Waals surface area contributed by atoms with Crippen molar-refractivity contribution in [3.8, 4) is 11.5 Å². The summed E-state index contributed by atoms with van der Waals surface area (Å²) in [5.41, 5.74) is 0.810. The van der Waals surface area contributed by atoms with E-state index in [1.54, 1.807) is 24.3 Å². The highest BCUT2D eigenvalue weighted by molar-refractivity contribution is 5.91. The van der Waals surface area contributed by atoms with Crippen LogP contribution in [0.2, 0.25) is 0 Å². The number of hydrogen-bond donors (Lipinski definition) is 2. The topological polar surface area (TPSA) is 58.6 Å². The number of amides is 1. The van der Waals surface area contributed by atoms with Crippen LogP contribution in [0.5, 0.6) is 11.5 Å². The van der Waals surface area contributed by atoms with Crippen molar-refractivity contribution >= 4 is 12.0 Å². The highest BCUT2D eigenvalue weighted by Gasteiger charge is 2.01. The Morgan fingerprint density at radius 1 is 1.23 bits per heavy atom. The normalized spacial score (nSPS) is 10.8. The van der Waals surface area contributed by atoms with Gasteiger partial charge < -0.3 is 15.2 Å². The van der Waals surface area contributed by atoms with Gasteiger partial charge in [-0.05, 0) is 30.2 Å². The minimum Gasteiger partial charge on any atom is -0.504 e. The molecule has 22 heavy (non-hydrogen) atoms. The highest BCUT2D eigenvalue weighted by atomic mass is 16.5. The molecule has 1 rings (SSSR count). The van der Waals surface area contributed by atoms with Gasteiger partial charge >= 0.3 is 0 Å². The van der Waals surface area contributed by atoms with Gasteiger partial charge in [-0.1, -0.05) is 45.1 Å². The smallest absolute Gasteiger partial charge is 0.243 e. The fourth-order valence-corrected chi connectivity index (χ4v) is 2.15. The number of benzene rings is 1. The number of unbranched alkanes of at least 4 members (excludes halogenated alkanes) is 5. The number of ether oxygens (including phenoxy) is 1. The Morgan fingerprint density at radius 3 is 2.68 bits per heavy atom. The van der Waals surface area contributed by atoms with Crippen molar-refractivity contribution in [2.45, 2.75) is 45.4 Å². The molecule has 1 aromatic carbocycles. The van der Waals surface area contributed by atoms with Gasteiger partial charge in [-0.2, -0.15) is 0 Å². The predicted molar refractivity (Wildman–Crippen MR) is 90.1 cm³/mol. The van der Waals surface area contributed by atoms with Crippen LogP contribution in [0.15, 0.2) is 24.3 Å². The second-order valence-electron chi connectivity index (χ2n) is 5.32. The largest absolute Gasteiger partial charge is 0.504 e. The zero-order chi connectivity index (χ0) is 16.2. The Labute approximate surface area is 133 Å². The number of phenolic OH excluding ortho intramolecular Hbond substituents is 1. The monoisotopic (exact) mass is 305 g/mol. The molecule has 0 saturated heterocycles. The van der Waals surface area contributed by atoms with Crippen molar-refractivity contribution in [2.24, 2.45) is 0 Å². The van der Waals surface area contributed by atoms with E-state index in [0.717, 1.165) is 12.0 Å². The van der Waals surface area contributed by atoms with E-state index < -0.39 is 0 Å². The average Bonchev–Trinajstić information content (AvgIpc) is 2.53. The van der Waals surface area contributed by atoms with Crippen molar-refractivity contribution in [1.82, 2.24) is 5.32 Å². The van der Waals surface area contributed by atoms with E-state index in [9.17, 15) is 9.90 Å². The third-order valence-corrected chi connectivity index (χ3v) is 3.46. The van der Waals surface area contributed by atoms with E-state index >= 15 is 0 Å². The lowest BCUT2D eigenvalue weighted by Gasteiger charge is -2.04. The lowest BCUT2D eigenvalue weighted by molar-refractivity contribution is -0.116. The van der Waals surface area contributed by atoms with Crippen LogP contribution in [-0.4, -0.2) is 24.7 Å². The number of methoxy groups -OCH3 is 1. The minimum absolute atomic E-state index is 0.0900. The van der Waals surface area contributed by atoms with Gasteiger partial charge in [-0.3, -0.25) is 4.79 Å². The molecule has 0 bridgehead atoms. The number of nitrogens with one attached hydrogen (secondary N) is 1. The second-order valence-corrected chi connectivity index (χ2v) is 5.32. The zero-order valence-corrected chi connectivity index (χ0v) is 13.6. The van der Waals surface area contributed by atoms with Crippen molar-refractivity contribution in [3.63, 3.8) is 0 Å². The van der Waals surface area contributed by atoms with E-state index in [4.69, 9.17) is 4.74 Å². The second kappa shape index (κ2) is 10.7. The third kappa shape index (κ3) is 7.16. The van der Waals surface area contributed by atoms with E-state index in [2.05, 4.69) is 12.2 Å². The molecule has 0 saturated carbocycles. The predicted octanol–water partition coefficient (Wildman–Crippen LogP) is 3.89. The summed E-state index contributed by atoms with van der Waals surface area (Å²) in [5, 5.41) is 12.4. The van der Waals surface area contributed by atoms with Crippen molar-refractivity contribution in [3.05, 3.63) is 29.8 Å². The Kier molecular flexibility index (Phi) is 8.80. The van der Waals surface area contributed by atoms with Gasteiger partial charge in [0.15, 0.2) is 11.5 Å². The quantitative estimate of drug-likeness (QED) is 0.509. The van der Waals surface area contributed by atoms with Gasteiger partial charge in [0, 0.05) is 12.6 Å². The summed E-state index contributed by atoms with van der Waals surface area (Å²) in [7, 11) is 1.50. The molecule has 0 aromatic heterocycles.